The van der Waals surface area contributed by atoms with Crippen molar-refractivity contribution >= 4 is 16.9 Å². The van der Waals surface area contributed by atoms with Crippen LogP contribution in [0.5, 0.6) is 5.75 Å². The molecule has 5 heteroatoms. The van der Waals surface area contributed by atoms with Crippen LogP contribution < -0.4 is 0 Å². The highest BCUT2D eigenvalue weighted by molar-refractivity contribution is 6.00. The van der Waals surface area contributed by atoms with Gasteiger partial charge in [-0.05, 0) is 42.7 Å². The molecule has 3 aromatic rings. The summed E-state index contributed by atoms with van der Waals surface area (Å²) in [5.41, 5.74) is 2.37. The Kier molecular flexibility index (Phi) is 4.16. The smallest absolute Gasteiger partial charge is 0.343 e. The van der Waals surface area contributed by atoms with Crippen molar-refractivity contribution in [3.63, 3.8) is 0 Å². The monoisotopic (exact) mass is 325 g/mol. The molecule has 24 heavy (non-hydrogen) atoms. The lowest BCUT2D eigenvalue weighted by atomic mass is 9.98. The molecule has 4 nitrogen and oxygen atoms in total. The molecule has 0 aliphatic heterocycles. The van der Waals surface area contributed by atoms with E-state index in [9.17, 15) is 14.3 Å². The maximum atomic E-state index is 14.4. The van der Waals surface area contributed by atoms with Gasteiger partial charge in [0.15, 0.2) is 0 Å². The maximum Gasteiger partial charge on any atom is 0.343 e. The number of aryl methyl sites for hydroxylation is 1. The summed E-state index contributed by atoms with van der Waals surface area (Å²) in [6.45, 7) is 3.76. The first-order valence-corrected chi connectivity index (χ1v) is 7.57. The van der Waals surface area contributed by atoms with Gasteiger partial charge in [-0.2, -0.15) is 0 Å². The Morgan fingerprint density at radius 3 is 2.75 bits per heavy atom. The number of nitrogens with zero attached hydrogens (tertiary/aromatic N) is 1. The Morgan fingerprint density at radius 2 is 2.04 bits per heavy atom. The molecule has 0 saturated carbocycles. The van der Waals surface area contributed by atoms with Crippen LogP contribution in [-0.2, 0) is 4.74 Å². The lowest BCUT2D eigenvalue weighted by Gasteiger charge is -2.11. The van der Waals surface area contributed by atoms with E-state index in [-0.39, 0.29) is 28.8 Å². The van der Waals surface area contributed by atoms with E-state index < -0.39 is 11.8 Å². The van der Waals surface area contributed by atoms with E-state index in [0.717, 1.165) is 17.3 Å². The van der Waals surface area contributed by atoms with Gasteiger partial charge in [-0.1, -0.05) is 24.3 Å². The fourth-order valence-electron chi connectivity index (χ4n) is 2.66. The summed E-state index contributed by atoms with van der Waals surface area (Å²) in [7, 11) is 0. The summed E-state index contributed by atoms with van der Waals surface area (Å²) in [4.78, 5) is 15.9. The van der Waals surface area contributed by atoms with E-state index in [2.05, 4.69) is 4.98 Å². The number of fused-ring (bicyclic) bond motifs is 1. The summed E-state index contributed by atoms with van der Waals surface area (Å²) >= 11 is 0. The highest BCUT2D eigenvalue weighted by Gasteiger charge is 2.19. The first-order chi connectivity index (χ1) is 11.5. The molecule has 0 atom stereocenters. The van der Waals surface area contributed by atoms with Gasteiger partial charge in [0.05, 0.1) is 6.61 Å². The highest BCUT2D eigenvalue weighted by atomic mass is 19.1. The zero-order chi connectivity index (χ0) is 17.3. The molecule has 3 rings (SSSR count). The highest BCUT2D eigenvalue weighted by Crippen LogP contribution is 2.34. The van der Waals surface area contributed by atoms with Crippen LogP contribution in [0.4, 0.5) is 4.39 Å². The van der Waals surface area contributed by atoms with Crippen LogP contribution in [0.25, 0.3) is 22.0 Å². The predicted molar refractivity (Wildman–Crippen MR) is 89.5 cm³/mol. The summed E-state index contributed by atoms with van der Waals surface area (Å²) in [6, 6.07) is 10.6. The molecule has 122 valence electrons. The molecular weight excluding hydrogens is 309 g/mol. The van der Waals surface area contributed by atoms with E-state index in [0.29, 0.717) is 5.56 Å². The minimum absolute atomic E-state index is 0.0119. The zero-order valence-electron chi connectivity index (χ0n) is 13.3. The molecule has 1 heterocycles. The third kappa shape index (κ3) is 2.69. The number of hydrogen-bond acceptors (Lipinski definition) is 4. The molecule has 0 amide bonds. The molecule has 2 aromatic carbocycles. The molecule has 0 spiro atoms. The lowest BCUT2D eigenvalue weighted by Crippen LogP contribution is -2.06. The zero-order valence-corrected chi connectivity index (χ0v) is 13.3. The number of rotatable bonds is 3. The van der Waals surface area contributed by atoms with Crippen LogP contribution in [-0.4, -0.2) is 22.7 Å². The fourth-order valence-corrected chi connectivity index (χ4v) is 2.66. The molecule has 1 N–H and O–H groups in total. The SMILES string of the molecule is CCOC(=O)c1cnc2c(F)cc(-c3ccccc3C)cc2c1O. The standard InChI is InChI=1S/C19H16FNO3/c1-3-24-19(23)15-10-21-17-14(18(15)22)8-12(9-16(17)20)13-7-5-4-6-11(13)2/h4-10H,3H2,1-2H3,(H,21,22). The summed E-state index contributed by atoms with van der Waals surface area (Å²) < 4.78 is 19.3. The van der Waals surface area contributed by atoms with Crippen LogP contribution in [0.1, 0.15) is 22.8 Å². The fraction of sp³-hybridized carbons (Fsp3) is 0.158. The van der Waals surface area contributed by atoms with Gasteiger partial charge in [-0.25, -0.2) is 9.18 Å². The summed E-state index contributed by atoms with van der Waals surface area (Å²) in [5.74, 6) is -1.57. The van der Waals surface area contributed by atoms with Crippen molar-refractivity contribution in [1.82, 2.24) is 4.98 Å². The first kappa shape index (κ1) is 15.9. The van der Waals surface area contributed by atoms with Gasteiger partial charge in [-0.15, -0.1) is 0 Å². The number of ether oxygens (including phenoxy) is 1. The van der Waals surface area contributed by atoms with E-state index in [1.54, 1.807) is 13.0 Å². The Balaban J connectivity index is 2.24. The largest absolute Gasteiger partial charge is 0.506 e. The number of carbonyl (C=O) groups excluding carboxylic acids is 1. The van der Waals surface area contributed by atoms with E-state index >= 15 is 0 Å². The third-order valence-electron chi connectivity index (χ3n) is 3.85. The van der Waals surface area contributed by atoms with Gasteiger partial charge in [-0.3, -0.25) is 4.98 Å². The van der Waals surface area contributed by atoms with E-state index in [1.807, 2.05) is 31.2 Å². The second kappa shape index (κ2) is 6.28. The Bertz CT molecular complexity index is 937. The summed E-state index contributed by atoms with van der Waals surface area (Å²) in [5, 5.41) is 10.6. The lowest BCUT2D eigenvalue weighted by molar-refractivity contribution is 0.0523. The van der Waals surface area contributed by atoms with Gasteiger partial charge in [0.2, 0.25) is 0 Å². The van der Waals surface area contributed by atoms with Crippen molar-refractivity contribution in [3.05, 3.63) is 59.5 Å². The molecule has 0 aliphatic rings. The first-order valence-electron chi connectivity index (χ1n) is 7.57. The maximum absolute atomic E-state index is 14.4. The van der Waals surface area contributed by atoms with Gasteiger partial charge >= 0.3 is 5.97 Å². The van der Waals surface area contributed by atoms with Gasteiger partial charge in [0.25, 0.3) is 0 Å². The number of benzene rings is 2. The predicted octanol–water partition coefficient (Wildman–Crippen LogP) is 4.23. The average molecular weight is 325 g/mol. The number of hydrogen-bond donors (Lipinski definition) is 1. The Labute approximate surface area is 138 Å². The van der Waals surface area contributed by atoms with Crippen molar-refractivity contribution in [2.75, 3.05) is 6.61 Å². The van der Waals surface area contributed by atoms with E-state index in [1.165, 1.54) is 6.07 Å². The van der Waals surface area contributed by atoms with Gasteiger partial charge in [0.1, 0.15) is 22.6 Å². The molecular formula is C19H16FNO3. The Hall–Kier alpha value is -2.95. The second-order valence-corrected chi connectivity index (χ2v) is 5.41. The topological polar surface area (TPSA) is 59.4 Å². The Morgan fingerprint density at radius 1 is 1.29 bits per heavy atom. The average Bonchev–Trinajstić information content (AvgIpc) is 2.56. The number of aromatic hydroxyl groups is 1. The van der Waals surface area contributed by atoms with Crippen molar-refractivity contribution in [1.29, 1.82) is 0 Å². The van der Waals surface area contributed by atoms with Crippen LogP contribution in [0.2, 0.25) is 0 Å². The number of carbonyl (C=O) groups is 1. The molecule has 0 unspecified atom stereocenters. The molecule has 0 saturated heterocycles. The minimum Gasteiger partial charge on any atom is -0.506 e. The van der Waals surface area contributed by atoms with Crippen LogP contribution >= 0.6 is 0 Å². The molecule has 0 bridgehead atoms. The number of halogens is 1. The number of pyridine rings is 1. The number of esters is 1. The molecule has 0 aliphatic carbocycles. The minimum atomic E-state index is -0.689. The molecule has 1 aromatic heterocycles. The van der Waals surface area contributed by atoms with Crippen molar-refractivity contribution in [2.24, 2.45) is 0 Å². The van der Waals surface area contributed by atoms with Gasteiger partial charge < -0.3 is 9.84 Å². The second-order valence-electron chi connectivity index (χ2n) is 5.41. The molecule has 0 fully saturated rings. The molecule has 0 radical (unpaired) electrons. The van der Waals surface area contributed by atoms with Crippen molar-refractivity contribution < 1.29 is 19.0 Å². The summed E-state index contributed by atoms with van der Waals surface area (Å²) in [6.07, 6.45) is 1.13. The van der Waals surface area contributed by atoms with Crippen LogP contribution in [0.15, 0.2) is 42.6 Å². The van der Waals surface area contributed by atoms with Crippen LogP contribution in [0.3, 0.4) is 0 Å². The third-order valence-corrected chi connectivity index (χ3v) is 3.85. The van der Waals surface area contributed by atoms with Crippen molar-refractivity contribution in [2.45, 2.75) is 13.8 Å². The van der Waals surface area contributed by atoms with Crippen molar-refractivity contribution in [3.8, 4) is 16.9 Å². The quantitative estimate of drug-likeness (QED) is 0.732. The number of aromatic nitrogens is 1. The van der Waals surface area contributed by atoms with Gasteiger partial charge in [0, 0.05) is 11.6 Å². The van der Waals surface area contributed by atoms with E-state index in [4.69, 9.17) is 4.74 Å². The van der Waals surface area contributed by atoms with Crippen LogP contribution in [0, 0.1) is 12.7 Å². The normalized spacial score (nSPS) is 10.8.